The van der Waals surface area contributed by atoms with Crippen LogP contribution in [-0.4, -0.2) is 61.3 Å². The van der Waals surface area contributed by atoms with Gasteiger partial charge in [0, 0.05) is 56.9 Å². The Kier molecular flexibility index (Phi) is 2.73. The highest BCUT2D eigenvalue weighted by Crippen LogP contribution is 2.42. The molecular formula is C13H24N2O. The van der Waals surface area contributed by atoms with Gasteiger partial charge in [0.1, 0.15) is 0 Å². The molecule has 0 unspecified atom stereocenters. The van der Waals surface area contributed by atoms with Crippen LogP contribution in [0.2, 0.25) is 0 Å². The number of likely N-dealkylation sites (tertiary alicyclic amines) is 2. The average molecular weight is 224 g/mol. The zero-order valence-electron chi connectivity index (χ0n) is 10.6. The standard InChI is InChI=1S/C13H24N2O/c1-11(2)14-7-13(8-14)9-15(10-13)12-3-5-16-6-4-12/h11-12H,3-10H2,1-2H3. The number of hydrogen-bond acceptors (Lipinski definition) is 3. The Morgan fingerprint density at radius 3 is 2.25 bits per heavy atom. The summed E-state index contributed by atoms with van der Waals surface area (Å²) < 4.78 is 5.42. The minimum Gasteiger partial charge on any atom is -0.381 e. The van der Waals surface area contributed by atoms with Crippen molar-refractivity contribution < 1.29 is 4.74 Å². The molecule has 0 aliphatic carbocycles. The van der Waals surface area contributed by atoms with E-state index in [1.165, 1.54) is 39.0 Å². The molecule has 0 atom stereocenters. The van der Waals surface area contributed by atoms with Crippen molar-refractivity contribution in [2.45, 2.75) is 38.8 Å². The lowest BCUT2D eigenvalue weighted by Gasteiger charge is -2.63. The van der Waals surface area contributed by atoms with Crippen LogP contribution in [0.3, 0.4) is 0 Å². The first kappa shape index (κ1) is 11.0. The molecule has 3 fully saturated rings. The molecule has 0 radical (unpaired) electrons. The molecule has 0 aromatic heterocycles. The van der Waals surface area contributed by atoms with Gasteiger partial charge in [-0.2, -0.15) is 0 Å². The summed E-state index contributed by atoms with van der Waals surface area (Å²) in [4.78, 5) is 5.29. The molecule has 0 aromatic rings. The maximum Gasteiger partial charge on any atom is 0.0480 e. The van der Waals surface area contributed by atoms with Crippen molar-refractivity contribution in [1.82, 2.24) is 9.80 Å². The van der Waals surface area contributed by atoms with E-state index < -0.39 is 0 Å². The Labute approximate surface area is 98.7 Å². The SMILES string of the molecule is CC(C)N1CC2(C1)CN(C1CCOCC1)C2. The summed E-state index contributed by atoms with van der Waals surface area (Å²) in [7, 11) is 0. The summed E-state index contributed by atoms with van der Waals surface area (Å²) in [5, 5.41) is 0. The first-order chi connectivity index (χ1) is 7.69. The van der Waals surface area contributed by atoms with Crippen LogP contribution in [0.25, 0.3) is 0 Å². The van der Waals surface area contributed by atoms with Gasteiger partial charge in [-0.3, -0.25) is 9.80 Å². The zero-order chi connectivity index (χ0) is 11.2. The van der Waals surface area contributed by atoms with Crippen LogP contribution in [0, 0.1) is 5.41 Å². The molecule has 0 saturated carbocycles. The summed E-state index contributed by atoms with van der Waals surface area (Å²) >= 11 is 0. The van der Waals surface area contributed by atoms with Crippen molar-refractivity contribution in [3.8, 4) is 0 Å². The van der Waals surface area contributed by atoms with Gasteiger partial charge in [-0.25, -0.2) is 0 Å². The second kappa shape index (κ2) is 3.97. The van der Waals surface area contributed by atoms with Crippen LogP contribution in [-0.2, 0) is 4.74 Å². The first-order valence-electron chi connectivity index (χ1n) is 6.74. The van der Waals surface area contributed by atoms with Gasteiger partial charge in [-0.1, -0.05) is 0 Å². The van der Waals surface area contributed by atoms with E-state index in [9.17, 15) is 0 Å². The number of hydrogen-bond donors (Lipinski definition) is 0. The Bertz CT molecular complexity index is 247. The molecule has 3 rings (SSSR count). The first-order valence-corrected chi connectivity index (χ1v) is 6.74. The third kappa shape index (κ3) is 1.79. The molecule has 16 heavy (non-hydrogen) atoms. The molecule has 1 spiro atoms. The number of ether oxygens (including phenoxy) is 1. The summed E-state index contributed by atoms with van der Waals surface area (Å²) in [6, 6.07) is 1.57. The van der Waals surface area contributed by atoms with E-state index in [1.54, 1.807) is 0 Å². The normalized spacial score (nSPS) is 31.7. The summed E-state index contributed by atoms with van der Waals surface area (Å²) in [6.45, 7) is 11.9. The van der Waals surface area contributed by atoms with Crippen molar-refractivity contribution in [3.05, 3.63) is 0 Å². The molecule has 3 aliphatic heterocycles. The van der Waals surface area contributed by atoms with E-state index >= 15 is 0 Å². The highest BCUT2D eigenvalue weighted by atomic mass is 16.5. The molecule has 3 heterocycles. The van der Waals surface area contributed by atoms with Crippen molar-refractivity contribution in [2.24, 2.45) is 5.41 Å². The smallest absolute Gasteiger partial charge is 0.0480 e. The van der Waals surface area contributed by atoms with E-state index in [4.69, 9.17) is 4.74 Å². The Hall–Kier alpha value is -0.120. The fraction of sp³-hybridized carbons (Fsp3) is 1.00. The highest BCUT2D eigenvalue weighted by Gasteiger charge is 2.53. The molecule has 3 nitrogen and oxygen atoms in total. The second-order valence-corrected chi connectivity index (χ2v) is 6.25. The minimum absolute atomic E-state index is 0.683. The van der Waals surface area contributed by atoms with Crippen LogP contribution >= 0.6 is 0 Å². The molecule has 3 heteroatoms. The van der Waals surface area contributed by atoms with E-state index in [0.29, 0.717) is 5.41 Å². The lowest BCUT2D eigenvalue weighted by molar-refractivity contribution is -0.149. The van der Waals surface area contributed by atoms with Crippen molar-refractivity contribution >= 4 is 0 Å². The number of rotatable bonds is 2. The predicted molar refractivity (Wildman–Crippen MR) is 64.6 cm³/mol. The van der Waals surface area contributed by atoms with Gasteiger partial charge in [0.25, 0.3) is 0 Å². The minimum atomic E-state index is 0.683. The molecule has 0 amide bonds. The van der Waals surface area contributed by atoms with Crippen LogP contribution in [0.15, 0.2) is 0 Å². The largest absolute Gasteiger partial charge is 0.381 e. The lowest BCUT2D eigenvalue weighted by Crippen LogP contribution is -2.74. The number of nitrogens with zero attached hydrogens (tertiary/aromatic N) is 2. The predicted octanol–water partition coefficient (Wildman–Crippen LogP) is 1.19. The van der Waals surface area contributed by atoms with E-state index in [0.717, 1.165) is 25.3 Å². The van der Waals surface area contributed by atoms with Gasteiger partial charge in [0.15, 0.2) is 0 Å². The molecule has 0 aromatic carbocycles. The Morgan fingerprint density at radius 2 is 1.69 bits per heavy atom. The third-order valence-electron chi connectivity index (χ3n) is 4.59. The highest BCUT2D eigenvalue weighted by molar-refractivity contribution is 5.07. The van der Waals surface area contributed by atoms with E-state index in [-0.39, 0.29) is 0 Å². The van der Waals surface area contributed by atoms with Crippen molar-refractivity contribution in [1.29, 1.82) is 0 Å². The van der Waals surface area contributed by atoms with E-state index in [1.807, 2.05) is 0 Å². The monoisotopic (exact) mass is 224 g/mol. The summed E-state index contributed by atoms with van der Waals surface area (Å²) in [6.07, 6.45) is 2.51. The van der Waals surface area contributed by atoms with Gasteiger partial charge in [0.2, 0.25) is 0 Å². The van der Waals surface area contributed by atoms with Gasteiger partial charge in [-0.05, 0) is 26.7 Å². The average Bonchev–Trinajstić information content (AvgIpc) is 2.14. The summed E-state index contributed by atoms with van der Waals surface area (Å²) in [5.41, 5.74) is 0.683. The zero-order valence-corrected chi connectivity index (χ0v) is 10.6. The second-order valence-electron chi connectivity index (χ2n) is 6.25. The molecule has 3 saturated heterocycles. The molecule has 0 bridgehead atoms. The third-order valence-corrected chi connectivity index (χ3v) is 4.59. The Balaban J connectivity index is 1.45. The maximum atomic E-state index is 5.42. The van der Waals surface area contributed by atoms with E-state index in [2.05, 4.69) is 23.6 Å². The van der Waals surface area contributed by atoms with Gasteiger partial charge in [-0.15, -0.1) is 0 Å². The molecular weight excluding hydrogens is 200 g/mol. The van der Waals surface area contributed by atoms with Crippen molar-refractivity contribution in [2.75, 3.05) is 39.4 Å². The van der Waals surface area contributed by atoms with Crippen LogP contribution < -0.4 is 0 Å². The van der Waals surface area contributed by atoms with Crippen molar-refractivity contribution in [3.63, 3.8) is 0 Å². The van der Waals surface area contributed by atoms with Crippen LogP contribution in [0.4, 0.5) is 0 Å². The van der Waals surface area contributed by atoms with Gasteiger partial charge in [0.05, 0.1) is 0 Å². The maximum absolute atomic E-state index is 5.42. The molecule has 3 aliphatic rings. The van der Waals surface area contributed by atoms with Crippen LogP contribution in [0.5, 0.6) is 0 Å². The topological polar surface area (TPSA) is 15.7 Å². The fourth-order valence-electron chi connectivity index (χ4n) is 3.50. The van der Waals surface area contributed by atoms with Crippen LogP contribution in [0.1, 0.15) is 26.7 Å². The van der Waals surface area contributed by atoms with Gasteiger partial charge < -0.3 is 4.74 Å². The summed E-state index contributed by atoms with van der Waals surface area (Å²) in [5.74, 6) is 0. The fourth-order valence-corrected chi connectivity index (χ4v) is 3.50. The lowest BCUT2D eigenvalue weighted by atomic mass is 9.71. The molecule has 92 valence electrons. The van der Waals surface area contributed by atoms with Gasteiger partial charge >= 0.3 is 0 Å². The Morgan fingerprint density at radius 1 is 1.06 bits per heavy atom. The molecule has 0 N–H and O–H groups in total. The quantitative estimate of drug-likeness (QED) is 0.701.